The summed E-state index contributed by atoms with van der Waals surface area (Å²) in [6.07, 6.45) is 0.866. The van der Waals surface area contributed by atoms with Gasteiger partial charge in [0, 0.05) is 26.3 Å². The van der Waals surface area contributed by atoms with Crippen LogP contribution in [0.5, 0.6) is 0 Å². The molecule has 0 aromatic rings. The minimum absolute atomic E-state index is 0.00423. The van der Waals surface area contributed by atoms with Crippen LogP contribution >= 0.6 is 12.2 Å². The SMILES string of the molecule is CCOCCCNC(=S)NCCS(=O)(=O)NC. The van der Waals surface area contributed by atoms with Gasteiger partial charge in [-0.25, -0.2) is 13.1 Å². The minimum atomic E-state index is -3.17. The lowest BCUT2D eigenvalue weighted by Gasteiger charge is -2.10. The van der Waals surface area contributed by atoms with Crippen molar-refractivity contribution in [1.82, 2.24) is 15.4 Å². The molecule has 8 heteroatoms. The Hall–Kier alpha value is -0.440. The average molecular weight is 283 g/mol. The Morgan fingerprint density at radius 2 is 1.94 bits per heavy atom. The normalized spacial score (nSPS) is 11.2. The molecule has 0 saturated heterocycles. The van der Waals surface area contributed by atoms with E-state index in [-0.39, 0.29) is 5.75 Å². The third-order valence-corrected chi connectivity index (χ3v) is 3.57. The first-order valence-corrected chi connectivity index (χ1v) is 7.58. The average Bonchev–Trinajstić information content (AvgIpc) is 2.28. The number of nitrogens with one attached hydrogen (secondary N) is 3. The molecule has 0 heterocycles. The zero-order valence-corrected chi connectivity index (χ0v) is 11.9. The molecule has 0 rings (SSSR count). The summed E-state index contributed by atoms with van der Waals surface area (Å²) < 4.78 is 29.6. The molecule has 6 nitrogen and oxygen atoms in total. The summed E-state index contributed by atoms with van der Waals surface area (Å²) in [6.45, 7) is 4.36. The summed E-state index contributed by atoms with van der Waals surface area (Å²) >= 11 is 4.98. The number of thiocarbonyl (C=S) groups is 1. The van der Waals surface area contributed by atoms with Gasteiger partial charge in [0.05, 0.1) is 5.75 Å². The summed E-state index contributed by atoms with van der Waals surface area (Å²) in [5.41, 5.74) is 0. The van der Waals surface area contributed by atoms with Crippen molar-refractivity contribution in [2.75, 3.05) is 39.1 Å². The summed E-state index contributed by atoms with van der Waals surface area (Å²) in [5.74, 6) is 0.00423. The molecule has 0 aromatic carbocycles. The Morgan fingerprint density at radius 3 is 2.53 bits per heavy atom. The predicted molar refractivity (Wildman–Crippen MR) is 72.6 cm³/mol. The molecule has 102 valence electrons. The summed E-state index contributed by atoms with van der Waals surface area (Å²) in [5, 5.41) is 6.26. The van der Waals surface area contributed by atoms with E-state index < -0.39 is 10.0 Å². The fraction of sp³-hybridized carbons (Fsp3) is 0.889. The van der Waals surface area contributed by atoms with Gasteiger partial charge >= 0.3 is 0 Å². The maximum atomic E-state index is 11.1. The third-order valence-electron chi connectivity index (χ3n) is 1.92. The predicted octanol–water partition coefficient (Wildman–Crippen LogP) is -0.574. The van der Waals surface area contributed by atoms with Gasteiger partial charge in [0.2, 0.25) is 10.0 Å². The second-order valence-electron chi connectivity index (χ2n) is 3.26. The molecule has 17 heavy (non-hydrogen) atoms. The largest absolute Gasteiger partial charge is 0.382 e. The standard InChI is InChI=1S/C9H21N3O3S2/c1-3-15-7-4-5-11-9(16)12-6-8-17(13,14)10-2/h10H,3-8H2,1-2H3,(H2,11,12,16). The molecule has 0 radical (unpaired) electrons. The zero-order valence-electron chi connectivity index (χ0n) is 10.3. The van der Waals surface area contributed by atoms with Crippen LogP contribution in [0.1, 0.15) is 13.3 Å². The van der Waals surface area contributed by atoms with E-state index >= 15 is 0 Å². The maximum Gasteiger partial charge on any atom is 0.213 e. The highest BCUT2D eigenvalue weighted by molar-refractivity contribution is 7.89. The van der Waals surface area contributed by atoms with Crippen LogP contribution in [0.4, 0.5) is 0 Å². The highest BCUT2D eigenvalue weighted by Crippen LogP contribution is 1.82. The van der Waals surface area contributed by atoms with E-state index in [0.717, 1.165) is 6.42 Å². The highest BCUT2D eigenvalue weighted by Gasteiger charge is 2.05. The van der Waals surface area contributed by atoms with Gasteiger partial charge in [-0.05, 0) is 32.6 Å². The molecular formula is C9H21N3O3S2. The second kappa shape index (κ2) is 9.58. The molecule has 0 unspecified atom stereocenters. The summed E-state index contributed by atoms with van der Waals surface area (Å²) in [7, 11) is -1.78. The maximum absolute atomic E-state index is 11.1. The molecule has 0 saturated carbocycles. The lowest BCUT2D eigenvalue weighted by atomic mass is 10.4. The second-order valence-corrected chi connectivity index (χ2v) is 5.71. The van der Waals surface area contributed by atoms with Gasteiger partial charge < -0.3 is 15.4 Å². The van der Waals surface area contributed by atoms with E-state index in [9.17, 15) is 8.42 Å². The number of hydrogen-bond acceptors (Lipinski definition) is 4. The van der Waals surface area contributed by atoms with Gasteiger partial charge in [0.15, 0.2) is 5.11 Å². The molecule has 3 N–H and O–H groups in total. The number of rotatable bonds is 9. The molecule has 0 atom stereocenters. The van der Waals surface area contributed by atoms with Gasteiger partial charge in [-0.3, -0.25) is 0 Å². The van der Waals surface area contributed by atoms with Crippen molar-refractivity contribution in [3.63, 3.8) is 0 Å². The van der Waals surface area contributed by atoms with Crippen LogP contribution in [0.15, 0.2) is 0 Å². The Balaban J connectivity index is 3.47. The first-order chi connectivity index (χ1) is 8.02. The number of ether oxygens (including phenoxy) is 1. The third kappa shape index (κ3) is 10.4. The molecule has 0 aliphatic carbocycles. The molecule has 0 aromatic heterocycles. The Kier molecular flexibility index (Phi) is 9.33. The van der Waals surface area contributed by atoms with E-state index in [2.05, 4.69) is 15.4 Å². The van der Waals surface area contributed by atoms with Crippen LogP contribution in [-0.2, 0) is 14.8 Å². The van der Waals surface area contributed by atoms with Crippen molar-refractivity contribution >= 4 is 27.4 Å². The van der Waals surface area contributed by atoms with Crippen molar-refractivity contribution in [2.24, 2.45) is 0 Å². The van der Waals surface area contributed by atoms with Gasteiger partial charge in [0.1, 0.15) is 0 Å². The smallest absolute Gasteiger partial charge is 0.213 e. The summed E-state index contributed by atoms with van der Waals surface area (Å²) in [4.78, 5) is 0. The molecule has 0 spiro atoms. The Morgan fingerprint density at radius 1 is 1.29 bits per heavy atom. The topological polar surface area (TPSA) is 79.5 Å². The monoisotopic (exact) mass is 283 g/mol. The van der Waals surface area contributed by atoms with Crippen LogP contribution in [0.25, 0.3) is 0 Å². The molecular weight excluding hydrogens is 262 g/mol. The van der Waals surface area contributed by atoms with E-state index in [4.69, 9.17) is 17.0 Å². The Bertz CT molecular complexity index is 307. The molecule has 0 amide bonds. The van der Waals surface area contributed by atoms with Crippen LogP contribution in [-0.4, -0.2) is 52.6 Å². The van der Waals surface area contributed by atoms with Crippen LogP contribution in [0.3, 0.4) is 0 Å². The van der Waals surface area contributed by atoms with Crippen molar-refractivity contribution in [1.29, 1.82) is 0 Å². The Labute approximate surface area is 109 Å². The molecule has 0 aliphatic rings. The van der Waals surface area contributed by atoms with Crippen LogP contribution in [0.2, 0.25) is 0 Å². The lowest BCUT2D eigenvalue weighted by molar-refractivity contribution is 0.146. The van der Waals surface area contributed by atoms with Gasteiger partial charge in [-0.2, -0.15) is 0 Å². The van der Waals surface area contributed by atoms with E-state index in [0.29, 0.717) is 31.4 Å². The lowest BCUT2D eigenvalue weighted by Crippen LogP contribution is -2.39. The van der Waals surface area contributed by atoms with E-state index in [1.165, 1.54) is 7.05 Å². The number of sulfonamides is 1. The van der Waals surface area contributed by atoms with Crippen LogP contribution in [0, 0.1) is 0 Å². The molecule has 0 bridgehead atoms. The minimum Gasteiger partial charge on any atom is -0.382 e. The quantitative estimate of drug-likeness (QED) is 0.388. The van der Waals surface area contributed by atoms with Gasteiger partial charge in [-0.15, -0.1) is 0 Å². The highest BCUT2D eigenvalue weighted by atomic mass is 32.2. The van der Waals surface area contributed by atoms with Crippen LogP contribution < -0.4 is 15.4 Å². The molecule has 0 fully saturated rings. The van der Waals surface area contributed by atoms with E-state index in [1.807, 2.05) is 6.92 Å². The first-order valence-electron chi connectivity index (χ1n) is 5.52. The molecule has 0 aliphatic heterocycles. The van der Waals surface area contributed by atoms with E-state index in [1.54, 1.807) is 0 Å². The first kappa shape index (κ1) is 16.6. The van der Waals surface area contributed by atoms with Crippen molar-refractivity contribution in [2.45, 2.75) is 13.3 Å². The van der Waals surface area contributed by atoms with Gasteiger partial charge in [-0.1, -0.05) is 0 Å². The van der Waals surface area contributed by atoms with Crippen molar-refractivity contribution < 1.29 is 13.2 Å². The zero-order chi connectivity index (χ0) is 13.1. The van der Waals surface area contributed by atoms with Crippen molar-refractivity contribution in [3.05, 3.63) is 0 Å². The fourth-order valence-electron chi connectivity index (χ4n) is 0.984. The fourth-order valence-corrected chi connectivity index (χ4v) is 1.76. The van der Waals surface area contributed by atoms with Crippen molar-refractivity contribution in [3.8, 4) is 0 Å². The van der Waals surface area contributed by atoms with Gasteiger partial charge in [0.25, 0.3) is 0 Å². The number of hydrogen-bond donors (Lipinski definition) is 3. The summed E-state index contributed by atoms with van der Waals surface area (Å²) in [6, 6.07) is 0.